The Bertz CT molecular complexity index is 705. The fourth-order valence-electron chi connectivity index (χ4n) is 3.13. The second-order valence-electron chi connectivity index (χ2n) is 6.51. The molecule has 132 valence electrons. The van der Waals surface area contributed by atoms with E-state index in [1.165, 1.54) is 12.8 Å². The molecule has 1 aliphatic carbocycles. The van der Waals surface area contributed by atoms with E-state index in [2.05, 4.69) is 15.7 Å². The standard InChI is InChI=1S/C19H24N4O2/c24-18(11-10-15-6-2-1-3-7-15)22-17-12-20-23(13-17)14-19(25)21-16-8-4-5-9-16/h1-3,6-7,12-13,16H,4-5,8-11,14H2,(H,21,25)(H,22,24). The van der Waals surface area contributed by atoms with Crippen molar-refractivity contribution >= 4 is 17.5 Å². The predicted octanol–water partition coefficient (Wildman–Crippen LogP) is 2.51. The van der Waals surface area contributed by atoms with Gasteiger partial charge < -0.3 is 10.6 Å². The summed E-state index contributed by atoms with van der Waals surface area (Å²) in [6.45, 7) is 0.177. The van der Waals surface area contributed by atoms with Gasteiger partial charge in [-0.05, 0) is 24.8 Å². The number of anilines is 1. The van der Waals surface area contributed by atoms with Crippen molar-refractivity contribution in [3.05, 3.63) is 48.3 Å². The number of hydrogen-bond donors (Lipinski definition) is 2. The Labute approximate surface area is 147 Å². The van der Waals surface area contributed by atoms with Gasteiger partial charge in [0.05, 0.1) is 11.9 Å². The molecule has 0 saturated heterocycles. The first-order chi connectivity index (χ1) is 12.2. The highest BCUT2D eigenvalue weighted by Gasteiger charge is 2.17. The van der Waals surface area contributed by atoms with Crippen molar-refractivity contribution in [1.29, 1.82) is 0 Å². The smallest absolute Gasteiger partial charge is 0.241 e. The van der Waals surface area contributed by atoms with Gasteiger partial charge in [-0.25, -0.2) is 0 Å². The largest absolute Gasteiger partial charge is 0.352 e. The zero-order valence-electron chi connectivity index (χ0n) is 14.3. The van der Waals surface area contributed by atoms with Crippen LogP contribution in [0.3, 0.4) is 0 Å². The third-order valence-electron chi connectivity index (χ3n) is 4.43. The van der Waals surface area contributed by atoms with E-state index in [9.17, 15) is 9.59 Å². The Balaban J connectivity index is 1.42. The number of aryl methyl sites for hydroxylation is 1. The van der Waals surface area contributed by atoms with Crippen LogP contribution in [0, 0.1) is 0 Å². The lowest BCUT2D eigenvalue weighted by molar-refractivity contribution is -0.122. The van der Waals surface area contributed by atoms with Crippen molar-refractivity contribution in [3.8, 4) is 0 Å². The zero-order chi connectivity index (χ0) is 17.5. The number of rotatable bonds is 7. The van der Waals surface area contributed by atoms with Crippen molar-refractivity contribution in [2.45, 2.75) is 51.1 Å². The lowest BCUT2D eigenvalue weighted by atomic mass is 10.1. The second kappa shape index (κ2) is 8.46. The molecule has 2 aromatic rings. The molecule has 6 heteroatoms. The summed E-state index contributed by atoms with van der Waals surface area (Å²) in [5.41, 5.74) is 1.75. The van der Waals surface area contributed by atoms with Gasteiger partial charge in [-0.1, -0.05) is 43.2 Å². The Morgan fingerprint density at radius 2 is 1.88 bits per heavy atom. The summed E-state index contributed by atoms with van der Waals surface area (Å²) in [5.74, 6) is -0.0873. The van der Waals surface area contributed by atoms with Crippen LogP contribution in [-0.4, -0.2) is 27.6 Å². The second-order valence-corrected chi connectivity index (χ2v) is 6.51. The molecule has 3 rings (SSSR count). The van der Waals surface area contributed by atoms with Crippen molar-refractivity contribution in [3.63, 3.8) is 0 Å². The summed E-state index contributed by atoms with van der Waals surface area (Å²) in [5, 5.41) is 10.00. The first-order valence-corrected chi connectivity index (χ1v) is 8.84. The van der Waals surface area contributed by atoms with Crippen LogP contribution in [0.4, 0.5) is 5.69 Å². The van der Waals surface area contributed by atoms with Gasteiger partial charge in [-0.3, -0.25) is 14.3 Å². The summed E-state index contributed by atoms with van der Waals surface area (Å²) < 4.78 is 1.55. The molecular weight excluding hydrogens is 316 g/mol. The number of hydrogen-bond acceptors (Lipinski definition) is 3. The van der Waals surface area contributed by atoms with E-state index in [0.717, 1.165) is 18.4 Å². The van der Waals surface area contributed by atoms with Crippen molar-refractivity contribution in [1.82, 2.24) is 15.1 Å². The molecule has 1 aromatic carbocycles. The van der Waals surface area contributed by atoms with Crippen LogP contribution in [0.15, 0.2) is 42.7 Å². The highest BCUT2D eigenvalue weighted by Crippen LogP contribution is 2.17. The number of aromatic nitrogens is 2. The molecule has 0 aliphatic heterocycles. The zero-order valence-corrected chi connectivity index (χ0v) is 14.3. The SMILES string of the molecule is O=C(CCc1ccccc1)Nc1cnn(CC(=O)NC2CCCC2)c1. The van der Waals surface area contributed by atoms with Crippen LogP contribution < -0.4 is 10.6 Å². The molecule has 0 atom stereocenters. The number of amides is 2. The lowest BCUT2D eigenvalue weighted by Gasteiger charge is -2.11. The van der Waals surface area contributed by atoms with Gasteiger partial charge in [0.15, 0.2) is 0 Å². The van der Waals surface area contributed by atoms with Gasteiger partial charge in [-0.15, -0.1) is 0 Å². The maximum absolute atomic E-state index is 12.0. The molecule has 1 saturated carbocycles. The first kappa shape index (κ1) is 17.2. The fraction of sp³-hybridized carbons (Fsp3) is 0.421. The molecule has 0 unspecified atom stereocenters. The Kier molecular flexibility index (Phi) is 5.82. The molecule has 6 nitrogen and oxygen atoms in total. The first-order valence-electron chi connectivity index (χ1n) is 8.84. The minimum atomic E-state index is -0.0567. The average molecular weight is 340 g/mol. The van der Waals surface area contributed by atoms with Crippen LogP contribution in [0.2, 0.25) is 0 Å². The third kappa shape index (κ3) is 5.45. The van der Waals surface area contributed by atoms with Crippen molar-refractivity contribution < 1.29 is 9.59 Å². The topological polar surface area (TPSA) is 76.0 Å². The molecule has 0 bridgehead atoms. The minimum Gasteiger partial charge on any atom is -0.352 e. The maximum atomic E-state index is 12.0. The van der Waals surface area contributed by atoms with E-state index in [4.69, 9.17) is 0 Å². The van der Waals surface area contributed by atoms with E-state index in [-0.39, 0.29) is 18.4 Å². The summed E-state index contributed by atoms with van der Waals surface area (Å²) >= 11 is 0. The van der Waals surface area contributed by atoms with Crippen LogP contribution in [0.5, 0.6) is 0 Å². The molecule has 1 fully saturated rings. The van der Waals surface area contributed by atoms with Crippen molar-refractivity contribution in [2.24, 2.45) is 0 Å². The normalized spacial score (nSPS) is 14.4. The van der Waals surface area contributed by atoms with Gasteiger partial charge >= 0.3 is 0 Å². The van der Waals surface area contributed by atoms with Crippen molar-refractivity contribution in [2.75, 3.05) is 5.32 Å². The highest BCUT2D eigenvalue weighted by molar-refractivity contribution is 5.90. The third-order valence-corrected chi connectivity index (χ3v) is 4.43. The minimum absolute atomic E-state index is 0.0306. The summed E-state index contributed by atoms with van der Waals surface area (Å²) in [6.07, 6.45) is 8.87. The van der Waals surface area contributed by atoms with Crippen LogP contribution >= 0.6 is 0 Å². The lowest BCUT2D eigenvalue weighted by Crippen LogP contribution is -2.35. The molecule has 2 amide bonds. The summed E-state index contributed by atoms with van der Waals surface area (Å²) in [7, 11) is 0. The number of carbonyl (C=O) groups is 2. The summed E-state index contributed by atoms with van der Waals surface area (Å²) in [6, 6.07) is 10.2. The van der Waals surface area contributed by atoms with Gasteiger partial charge in [0, 0.05) is 18.7 Å². The van der Waals surface area contributed by atoms with E-state index in [0.29, 0.717) is 24.6 Å². The highest BCUT2D eigenvalue weighted by atomic mass is 16.2. The Morgan fingerprint density at radius 1 is 1.12 bits per heavy atom. The number of nitrogens with one attached hydrogen (secondary N) is 2. The molecule has 0 spiro atoms. The Hall–Kier alpha value is -2.63. The number of benzene rings is 1. The quantitative estimate of drug-likeness (QED) is 0.813. The number of carbonyl (C=O) groups excluding carboxylic acids is 2. The van der Waals surface area contributed by atoms with Crippen LogP contribution in [0.1, 0.15) is 37.7 Å². The van der Waals surface area contributed by atoms with Gasteiger partial charge in [-0.2, -0.15) is 5.10 Å². The van der Waals surface area contributed by atoms with E-state index >= 15 is 0 Å². The number of nitrogens with zero attached hydrogens (tertiary/aromatic N) is 2. The van der Waals surface area contributed by atoms with Gasteiger partial charge in [0.1, 0.15) is 6.54 Å². The fourth-order valence-corrected chi connectivity index (χ4v) is 3.13. The van der Waals surface area contributed by atoms with E-state index < -0.39 is 0 Å². The molecule has 25 heavy (non-hydrogen) atoms. The average Bonchev–Trinajstić information content (AvgIpc) is 3.26. The predicted molar refractivity (Wildman–Crippen MR) is 96.0 cm³/mol. The molecule has 1 aliphatic rings. The summed E-state index contributed by atoms with van der Waals surface area (Å²) in [4.78, 5) is 24.0. The van der Waals surface area contributed by atoms with Gasteiger partial charge in [0.25, 0.3) is 0 Å². The maximum Gasteiger partial charge on any atom is 0.241 e. The molecule has 0 radical (unpaired) electrons. The van der Waals surface area contributed by atoms with E-state index in [1.54, 1.807) is 17.1 Å². The monoisotopic (exact) mass is 340 g/mol. The molecule has 2 N–H and O–H groups in total. The van der Waals surface area contributed by atoms with Crippen LogP contribution in [0.25, 0.3) is 0 Å². The molecule has 1 aromatic heterocycles. The molecule has 1 heterocycles. The van der Waals surface area contributed by atoms with Gasteiger partial charge in [0.2, 0.25) is 11.8 Å². The van der Waals surface area contributed by atoms with Crippen LogP contribution in [-0.2, 0) is 22.6 Å². The Morgan fingerprint density at radius 3 is 2.64 bits per heavy atom. The van der Waals surface area contributed by atoms with E-state index in [1.807, 2.05) is 30.3 Å². The molecular formula is C19H24N4O2.